The Balaban J connectivity index is 0.00000338. The minimum absolute atomic E-state index is 0. The number of hydrogen-bond acceptors (Lipinski definition) is 7. The summed E-state index contributed by atoms with van der Waals surface area (Å²) in [4.78, 5) is 25.3. The van der Waals surface area contributed by atoms with E-state index in [2.05, 4.69) is 4.74 Å². The molecule has 11 heteroatoms. The van der Waals surface area contributed by atoms with Crippen LogP contribution < -0.4 is 5.73 Å². The Hall–Kier alpha value is -1.62. The largest absolute Gasteiger partial charge is 0.465 e. The van der Waals surface area contributed by atoms with E-state index in [0.29, 0.717) is 0 Å². The summed E-state index contributed by atoms with van der Waals surface area (Å²) in [7, 11) is -2.78. The number of furan rings is 1. The number of rotatable bonds is 4. The van der Waals surface area contributed by atoms with Crippen LogP contribution in [0, 0.1) is 13.8 Å². The molecule has 2 heterocycles. The number of ether oxygens (including phenoxy) is 1. The van der Waals surface area contributed by atoms with E-state index < -0.39 is 22.0 Å². The van der Waals surface area contributed by atoms with Crippen LogP contribution in [0.3, 0.4) is 0 Å². The number of carbonyl (C=O) groups is 2. The second-order valence-electron chi connectivity index (χ2n) is 5.93. The standard InChI is InChI=1S/C15H23N3O6S.ClH/c1-9(16)14(19)17-5-7-18(8-6-17)25(21,22)13-11(3)24-10(2)12(13)15(20)23-4;/h9H,5-8,16H2,1-4H3;1H/t9-;/m1./s1. The highest BCUT2D eigenvalue weighted by Gasteiger charge is 2.37. The van der Waals surface area contributed by atoms with Crippen molar-refractivity contribution in [1.82, 2.24) is 9.21 Å². The highest BCUT2D eigenvalue weighted by atomic mass is 35.5. The van der Waals surface area contributed by atoms with Crippen molar-refractivity contribution in [2.24, 2.45) is 5.73 Å². The molecule has 0 unspecified atom stereocenters. The van der Waals surface area contributed by atoms with Crippen molar-refractivity contribution in [2.45, 2.75) is 31.7 Å². The molecule has 0 bridgehead atoms. The second-order valence-corrected chi connectivity index (χ2v) is 7.80. The third kappa shape index (κ3) is 4.03. The SMILES string of the molecule is COC(=O)c1c(C)oc(C)c1S(=O)(=O)N1CCN(C(=O)[C@@H](C)N)CC1.Cl. The van der Waals surface area contributed by atoms with Crippen molar-refractivity contribution >= 4 is 34.3 Å². The van der Waals surface area contributed by atoms with E-state index in [1.54, 1.807) is 6.92 Å². The molecule has 148 valence electrons. The lowest BCUT2D eigenvalue weighted by Crippen LogP contribution is -2.53. The number of nitrogens with zero attached hydrogens (tertiary/aromatic N) is 2. The van der Waals surface area contributed by atoms with Crippen LogP contribution in [-0.4, -0.2) is 68.8 Å². The average molecular weight is 410 g/mol. The molecular formula is C15H24ClN3O6S. The number of methoxy groups -OCH3 is 1. The highest BCUT2D eigenvalue weighted by molar-refractivity contribution is 7.89. The molecule has 1 aliphatic rings. The molecule has 0 aliphatic carbocycles. The van der Waals surface area contributed by atoms with Crippen LogP contribution in [0.25, 0.3) is 0 Å². The molecule has 1 aliphatic heterocycles. The molecule has 1 aromatic heterocycles. The quantitative estimate of drug-likeness (QED) is 0.708. The monoisotopic (exact) mass is 409 g/mol. The maximum absolute atomic E-state index is 13.0. The van der Waals surface area contributed by atoms with Crippen molar-refractivity contribution in [2.75, 3.05) is 33.3 Å². The number of esters is 1. The maximum Gasteiger partial charge on any atom is 0.342 e. The number of hydrogen-bond donors (Lipinski definition) is 1. The smallest absolute Gasteiger partial charge is 0.342 e. The van der Waals surface area contributed by atoms with E-state index in [1.165, 1.54) is 30.2 Å². The summed E-state index contributed by atoms with van der Waals surface area (Å²) in [5, 5.41) is 0. The van der Waals surface area contributed by atoms with Gasteiger partial charge in [0.15, 0.2) is 0 Å². The number of halogens is 1. The fourth-order valence-electron chi connectivity index (χ4n) is 2.88. The number of nitrogens with two attached hydrogens (primary N) is 1. The van der Waals surface area contributed by atoms with E-state index in [4.69, 9.17) is 10.2 Å². The van der Waals surface area contributed by atoms with Crippen LogP contribution in [0.5, 0.6) is 0 Å². The number of amides is 1. The van der Waals surface area contributed by atoms with Crippen molar-refractivity contribution in [3.05, 3.63) is 17.1 Å². The first-order valence-electron chi connectivity index (χ1n) is 7.84. The number of piperazine rings is 1. The number of sulfonamides is 1. The summed E-state index contributed by atoms with van der Waals surface area (Å²) >= 11 is 0. The molecule has 1 saturated heterocycles. The predicted molar refractivity (Wildman–Crippen MR) is 95.8 cm³/mol. The zero-order chi connectivity index (χ0) is 18.9. The Labute approximate surface area is 158 Å². The fourth-order valence-corrected chi connectivity index (χ4v) is 4.67. The van der Waals surface area contributed by atoms with Gasteiger partial charge in [-0.15, -0.1) is 12.4 Å². The Morgan fingerprint density at radius 2 is 1.69 bits per heavy atom. The van der Waals surface area contributed by atoms with Crippen LogP contribution in [0.2, 0.25) is 0 Å². The van der Waals surface area contributed by atoms with Crippen molar-refractivity contribution in [3.63, 3.8) is 0 Å². The molecular weight excluding hydrogens is 386 g/mol. The Bertz CT molecular complexity index is 782. The zero-order valence-corrected chi connectivity index (χ0v) is 16.8. The second kappa shape index (κ2) is 8.38. The van der Waals surface area contributed by atoms with Gasteiger partial charge in [-0.25, -0.2) is 13.2 Å². The van der Waals surface area contributed by atoms with E-state index in [0.717, 1.165) is 0 Å². The van der Waals surface area contributed by atoms with Crippen molar-refractivity contribution in [1.29, 1.82) is 0 Å². The Morgan fingerprint density at radius 3 is 2.15 bits per heavy atom. The van der Waals surface area contributed by atoms with Crippen LogP contribution in [0.4, 0.5) is 0 Å². The van der Waals surface area contributed by atoms with Crippen molar-refractivity contribution in [3.8, 4) is 0 Å². The topological polar surface area (TPSA) is 123 Å². The maximum atomic E-state index is 13.0. The fraction of sp³-hybridized carbons (Fsp3) is 0.600. The van der Waals surface area contributed by atoms with Crippen LogP contribution in [-0.2, 0) is 19.6 Å². The first-order chi connectivity index (χ1) is 11.6. The molecule has 1 fully saturated rings. The lowest BCUT2D eigenvalue weighted by Gasteiger charge is -2.34. The summed E-state index contributed by atoms with van der Waals surface area (Å²) in [5.41, 5.74) is 5.49. The first kappa shape index (κ1) is 22.4. The lowest BCUT2D eigenvalue weighted by atomic mass is 10.2. The molecule has 0 radical (unpaired) electrons. The predicted octanol–water partition coefficient (Wildman–Crippen LogP) is 0.285. The van der Waals surface area contributed by atoms with Gasteiger partial charge in [-0.1, -0.05) is 0 Å². The molecule has 1 atom stereocenters. The van der Waals surface area contributed by atoms with Crippen LogP contribution >= 0.6 is 12.4 Å². The van der Waals surface area contributed by atoms with E-state index in [-0.39, 0.29) is 66.5 Å². The Morgan fingerprint density at radius 1 is 1.15 bits per heavy atom. The minimum atomic E-state index is -3.96. The van der Waals surface area contributed by atoms with Gasteiger partial charge in [-0.2, -0.15) is 4.31 Å². The van der Waals surface area contributed by atoms with Gasteiger partial charge >= 0.3 is 5.97 Å². The third-order valence-electron chi connectivity index (χ3n) is 4.13. The van der Waals surface area contributed by atoms with Gasteiger partial charge in [-0.3, -0.25) is 4.79 Å². The first-order valence-corrected chi connectivity index (χ1v) is 9.28. The van der Waals surface area contributed by atoms with Gasteiger partial charge < -0.3 is 19.8 Å². The van der Waals surface area contributed by atoms with Gasteiger partial charge in [0, 0.05) is 26.2 Å². The molecule has 1 amide bonds. The molecule has 0 saturated carbocycles. The average Bonchev–Trinajstić information content (AvgIpc) is 2.88. The van der Waals surface area contributed by atoms with Gasteiger partial charge in [-0.05, 0) is 20.8 Å². The summed E-state index contributed by atoms with van der Waals surface area (Å²) in [6, 6.07) is -0.632. The molecule has 0 aromatic carbocycles. The summed E-state index contributed by atoms with van der Waals surface area (Å²) in [6.07, 6.45) is 0. The third-order valence-corrected chi connectivity index (χ3v) is 6.18. The van der Waals surface area contributed by atoms with E-state index in [9.17, 15) is 18.0 Å². The normalized spacial score (nSPS) is 16.7. The Kier molecular flexibility index (Phi) is 7.23. The minimum Gasteiger partial charge on any atom is -0.465 e. The van der Waals surface area contributed by atoms with Gasteiger partial charge in [0.05, 0.1) is 13.2 Å². The van der Waals surface area contributed by atoms with Crippen LogP contribution in [0.15, 0.2) is 9.31 Å². The molecule has 1 aromatic rings. The summed E-state index contributed by atoms with van der Waals surface area (Å²) < 4.78 is 37.3. The summed E-state index contributed by atoms with van der Waals surface area (Å²) in [6.45, 7) is 5.30. The van der Waals surface area contributed by atoms with Gasteiger partial charge in [0.25, 0.3) is 0 Å². The number of aryl methyl sites for hydroxylation is 2. The van der Waals surface area contributed by atoms with Crippen molar-refractivity contribution < 1.29 is 27.2 Å². The number of carbonyl (C=O) groups excluding carboxylic acids is 2. The molecule has 26 heavy (non-hydrogen) atoms. The zero-order valence-electron chi connectivity index (χ0n) is 15.1. The molecule has 9 nitrogen and oxygen atoms in total. The van der Waals surface area contributed by atoms with Gasteiger partial charge in [0.2, 0.25) is 15.9 Å². The molecule has 2 N–H and O–H groups in total. The molecule has 0 spiro atoms. The van der Waals surface area contributed by atoms with E-state index >= 15 is 0 Å². The van der Waals surface area contributed by atoms with Crippen LogP contribution in [0.1, 0.15) is 28.8 Å². The lowest BCUT2D eigenvalue weighted by molar-refractivity contribution is -0.133. The molecule has 2 rings (SSSR count). The van der Waals surface area contributed by atoms with Gasteiger partial charge in [0.1, 0.15) is 22.0 Å². The van der Waals surface area contributed by atoms with E-state index in [1.807, 2.05) is 0 Å². The highest BCUT2D eigenvalue weighted by Crippen LogP contribution is 2.30. The summed E-state index contributed by atoms with van der Waals surface area (Å²) in [5.74, 6) is -0.665.